The molecule has 0 radical (unpaired) electrons. The van der Waals surface area contributed by atoms with E-state index in [2.05, 4.69) is 36.5 Å². The maximum absolute atomic E-state index is 3.65. The molecule has 3 atom stereocenters. The topological polar surface area (TPSA) is 12.0 Å². The first kappa shape index (κ1) is 12.1. The molecule has 0 spiro atoms. The molecule has 1 heteroatoms. The molecule has 0 aromatic heterocycles. The van der Waals surface area contributed by atoms with Crippen LogP contribution in [0.3, 0.4) is 0 Å². The molecule has 1 heterocycles. The Balaban J connectivity index is 1.74. The summed E-state index contributed by atoms with van der Waals surface area (Å²) in [7, 11) is 0. The molecule has 1 aromatic rings. The second-order valence-electron chi connectivity index (χ2n) is 6.12. The first-order valence-electron chi connectivity index (χ1n) is 7.70. The molecule has 0 bridgehead atoms. The van der Waals surface area contributed by atoms with Gasteiger partial charge in [0, 0.05) is 12.2 Å². The summed E-state index contributed by atoms with van der Waals surface area (Å²) in [6.45, 7) is 3.57. The zero-order chi connectivity index (χ0) is 12.4. The van der Waals surface area contributed by atoms with Crippen molar-refractivity contribution < 1.29 is 0 Å². The van der Waals surface area contributed by atoms with Crippen molar-refractivity contribution in [2.45, 2.75) is 45.4 Å². The molecule has 3 rings (SSSR count). The van der Waals surface area contributed by atoms with E-state index in [0.717, 1.165) is 17.8 Å². The fraction of sp³-hybridized carbons (Fsp3) is 0.647. The van der Waals surface area contributed by atoms with Crippen LogP contribution in [0.1, 0.15) is 44.6 Å². The molecule has 2 aliphatic rings. The van der Waals surface area contributed by atoms with Gasteiger partial charge in [-0.3, -0.25) is 0 Å². The van der Waals surface area contributed by atoms with Crippen molar-refractivity contribution in [3.05, 3.63) is 29.8 Å². The van der Waals surface area contributed by atoms with Crippen LogP contribution in [-0.2, 0) is 6.42 Å². The number of hydrogen-bond acceptors (Lipinski definition) is 1. The normalized spacial score (nSPS) is 31.5. The Morgan fingerprint density at radius 1 is 1.17 bits per heavy atom. The van der Waals surface area contributed by atoms with Crippen molar-refractivity contribution in [1.29, 1.82) is 0 Å². The summed E-state index contributed by atoms with van der Waals surface area (Å²) in [5, 5.41) is 3.65. The average Bonchev–Trinajstić information content (AvgIpc) is 2.46. The first-order chi connectivity index (χ1) is 8.88. The molecule has 18 heavy (non-hydrogen) atoms. The van der Waals surface area contributed by atoms with Gasteiger partial charge in [-0.25, -0.2) is 0 Å². The van der Waals surface area contributed by atoms with Crippen LogP contribution in [0.2, 0.25) is 0 Å². The van der Waals surface area contributed by atoms with Gasteiger partial charge in [0.25, 0.3) is 0 Å². The summed E-state index contributed by atoms with van der Waals surface area (Å²) < 4.78 is 0. The molecular weight excluding hydrogens is 218 g/mol. The van der Waals surface area contributed by atoms with Gasteiger partial charge in [-0.2, -0.15) is 0 Å². The van der Waals surface area contributed by atoms with Crippen LogP contribution in [0.25, 0.3) is 0 Å². The van der Waals surface area contributed by atoms with Crippen LogP contribution in [-0.4, -0.2) is 6.54 Å². The van der Waals surface area contributed by atoms with Crippen molar-refractivity contribution in [2.24, 2.45) is 17.8 Å². The molecule has 1 fully saturated rings. The lowest BCUT2D eigenvalue weighted by atomic mass is 9.69. The summed E-state index contributed by atoms with van der Waals surface area (Å²) in [4.78, 5) is 0. The van der Waals surface area contributed by atoms with E-state index in [1.165, 1.54) is 56.3 Å². The van der Waals surface area contributed by atoms with Crippen LogP contribution in [0, 0.1) is 17.8 Å². The SMILES string of the molecule is CCC1CCCCC1C1CNc2ccccc2C1. The van der Waals surface area contributed by atoms with Crippen molar-refractivity contribution >= 4 is 5.69 Å². The van der Waals surface area contributed by atoms with Crippen LogP contribution in [0.5, 0.6) is 0 Å². The minimum absolute atomic E-state index is 0.866. The summed E-state index contributed by atoms with van der Waals surface area (Å²) in [6, 6.07) is 8.85. The predicted molar refractivity (Wildman–Crippen MR) is 77.9 cm³/mol. The van der Waals surface area contributed by atoms with E-state index in [-0.39, 0.29) is 0 Å². The smallest absolute Gasteiger partial charge is 0.0372 e. The maximum Gasteiger partial charge on any atom is 0.0372 e. The Labute approximate surface area is 111 Å². The van der Waals surface area contributed by atoms with E-state index in [9.17, 15) is 0 Å². The Bertz CT molecular complexity index is 398. The highest BCUT2D eigenvalue weighted by Crippen LogP contribution is 2.40. The summed E-state index contributed by atoms with van der Waals surface area (Å²) >= 11 is 0. The van der Waals surface area contributed by atoms with Crippen molar-refractivity contribution in [2.75, 3.05) is 11.9 Å². The van der Waals surface area contributed by atoms with Crippen LogP contribution < -0.4 is 5.32 Å². The van der Waals surface area contributed by atoms with E-state index < -0.39 is 0 Å². The van der Waals surface area contributed by atoms with Gasteiger partial charge in [-0.15, -0.1) is 0 Å². The van der Waals surface area contributed by atoms with Gasteiger partial charge >= 0.3 is 0 Å². The summed E-state index contributed by atoms with van der Waals surface area (Å²) in [6.07, 6.45) is 8.53. The molecule has 1 aliphatic carbocycles. The van der Waals surface area contributed by atoms with Crippen molar-refractivity contribution in [1.82, 2.24) is 0 Å². The van der Waals surface area contributed by atoms with Gasteiger partial charge in [-0.05, 0) is 42.2 Å². The number of hydrogen-bond donors (Lipinski definition) is 1. The monoisotopic (exact) mass is 243 g/mol. The highest BCUT2D eigenvalue weighted by molar-refractivity contribution is 5.53. The summed E-state index contributed by atoms with van der Waals surface area (Å²) in [5.41, 5.74) is 2.91. The molecule has 1 N–H and O–H groups in total. The van der Waals surface area contributed by atoms with Gasteiger partial charge in [-0.1, -0.05) is 50.8 Å². The largest absolute Gasteiger partial charge is 0.385 e. The molecule has 3 unspecified atom stereocenters. The minimum Gasteiger partial charge on any atom is -0.385 e. The highest BCUT2D eigenvalue weighted by atomic mass is 14.9. The summed E-state index contributed by atoms with van der Waals surface area (Å²) in [5.74, 6) is 2.81. The lowest BCUT2D eigenvalue weighted by Crippen LogP contribution is -2.35. The zero-order valence-corrected chi connectivity index (χ0v) is 11.5. The molecule has 1 saturated carbocycles. The molecule has 1 aliphatic heterocycles. The van der Waals surface area contributed by atoms with Gasteiger partial charge in [0.2, 0.25) is 0 Å². The van der Waals surface area contributed by atoms with Crippen molar-refractivity contribution in [3.63, 3.8) is 0 Å². The number of benzene rings is 1. The third-order valence-corrected chi connectivity index (χ3v) is 5.15. The lowest BCUT2D eigenvalue weighted by molar-refractivity contribution is 0.159. The van der Waals surface area contributed by atoms with E-state index >= 15 is 0 Å². The highest BCUT2D eigenvalue weighted by Gasteiger charge is 2.32. The number of fused-ring (bicyclic) bond motifs is 1. The fourth-order valence-corrected chi connectivity index (χ4v) is 4.13. The molecule has 0 amide bonds. The molecular formula is C17H25N. The van der Waals surface area contributed by atoms with E-state index in [1.807, 2.05) is 0 Å². The fourth-order valence-electron chi connectivity index (χ4n) is 4.13. The van der Waals surface area contributed by atoms with Gasteiger partial charge in [0.15, 0.2) is 0 Å². The van der Waals surface area contributed by atoms with E-state index in [4.69, 9.17) is 0 Å². The average molecular weight is 243 g/mol. The molecule has 1 nitrogen and oxygen atoms in total. The third kappa shape index (κ3) is 2.28. The van der Waals surface area contributed by atoms with Crippen molar-refractivity contribution in [3.8, 4) is 0 Å². The Morgan fingerprint density at radius 3 is 2.89 bits per heavy atom. The van der Waals surface area contributed by atoms with E-state index in [0.29, 0.717) is 0 Å². The Hall–Kier alpha value is -0.980. The number of nitrogens with one attached hydrogen (secondary N) is 1. The third-order valence-electron chi connectivity index (χ3n) is 5.15. The zero-order valence-electron chi connectivity index (χ0n) is 11.5. The standard InChI is InChI=1S/C17H25N/c1-2-13-7-3-5-9-16(13)15-11-14-8-4-6-10-17(14)18-12-15/h4,6,8,10,13,15-16,18H,2-3,5,7,9,11-12H2,1H3. The van der Waals surface area contributed by atoms with Crippen LogP contribution in [0.15, 0.2) is 24.3 Å². The molecule has 1 aromatic carbocycles. The Kier molecular flexibility index (Phi) is 3.58. The van der Waals surface area contributed by atoms with Crippen LogP contribution in [0.4, 0.5) is 5.69 Å². The van der Waals surface area contributed by atoms with Gasteiger partial charge in [0.05, 0.1) is 0 Å². The predicted octanol–water partition coefficient (Wildman–Crippen LogP) is 4.49. The number of anilines is 1. The second-order valence-corrected chi connectivity index (χ2v) is 6.12. The molecule has 98 valence electrons. The maximum atomic E-state index is 3.65. The molecule has 0 saturated heterocycles. The van der Waals surface area contributed by atoms with Crippen LogP contribution >= 0.6 is 0 Å². The van der Waals surface area contributed by atoms with Gasteiger partial charge < -0.3 is 5.32 Å². The second kappa shape index (κ2) is 5.34. The first-order valence-corrected chi connectivity index (χ1v) is 7.70. The Morgan fingerprint density at radius 2 is 2.00 bits per heavy atom. The number of rotatable bonds is 2. The quantitative estimate of drug-likeness (QED) is 0.807. The van der Waals surface area contributed by atoms with E-state index in [1.54, 1.807) is 0 Å². The van der Waals surface area contributed by atoms with Gasteiger partial charge in [0.1, 0.15) is 0 Å². The number of para-hydroxylation sites is 1. The lowest BCUT2D eigenvalue weighted by Gasteiger charge is -2.39. The minimum atomic E-state index is 0.866.